The maximum Gasteiger partial charge on any atom is 0.240 e. The van der Waals surface area contributed by atoms with E-state index in [0.717, 1.165) is 10.0 Å². The van der Waals surface area contributed by atoms with E-state index < -0.39 is 10.0 Å². The fourth-order valence-corrected chi connectivity index (χ4v) is 3.82. The predicted molar refractivity (Wildman–Crippen MR) is 96.0 cm³/mol. The van der Waals surface area contributed by atoms with E-state index in [1.54, 1.807) is 7.11 Å². The molecule has 124 valence electrons. The first-order chi connectivity index (χ1) is 10.8. The number of hydrogen-bond donors (Lipinski definition) is 1. The van der Waals surface area contributed by atoms with Crippen LogP contribution in [0.25, 0.3) is 0 Å². The van der Waals surface area contributed by atoms with Crippen LogP contribution >= 0.6 is 39.1 Å². The highest BCUT2D eigenvalue weighted by Crippen LogP contribution is 2.25. The molecule has 8 heteroatoms. The molecule has 0 amide bonds. The Morgan fingerprint density at radius 1 is 1.13 bits per heavy atom. The fourth-order valence-electron chi connectivity index (χ4n) is 1.99. The lowest BCUT2D eigenvalue weighted by Crippen LogP contribution is -2.26. The molecule has 0 heterocycles. The molecule has 2 rings (SSSR count). The third-order valence-corrected chi connectivity index (χ3v) is 5.82. The van der Waals surface area contributed by atoms with E-state index in [4.69, 9.17) is 27.9 Å². The zero-order chi connectivity index (χ0) is 17.0. The van der Waals surface area contributed by atoms with Gasteiger partial charge in [-0.15, -0.1) is 0 Å². The monoisotopic (exact) mass is 437 g/mol. The highest BCUT2D eigenvalue weighted by molar-refractivity contribution is 9.10. The number of nitrogens with one attached hydrogen (secondary N) is 1. The van der Waals surface area contributed by atoms with Crippen molar-refractivity contribution in [1.29, 1.82) is 0 Å². The van der Waals surface area contributed by atoms with E-state index in [1.165, 1.54) is 18.2 Å². The highest BCUT2D eigenvalue weighted by atomic mass is 79.9. The largest absolute Gasteiger partial charge is 0.496 e. The lowest BCUT2D eigenvalue weighted by Gasteiger charge is -2.11. The van der Waals surface area contributed by atoms with Gasteiger partial charge in [-0.25, -0.2) is 13.1 Å². The summed E-state index contributed by atoms with van der Waals surface area (Å²) in [7, 11) is -2.07. The Balaban J connectivity index is 2.08. The number of halogens is 3. The Hall–Kier alpha value is -0.790. The van der Waals surface area contributed by atoms with Crippen LogP contribution in [-0.4, -0.2) is 22.1 Å². The minimum Gasteiger partial charge on any atom is -0.496 e. The number of benzene rings is 2. The van der Waals surface area contributed by atoms with Gasteiger partial charge in [0.05, 0.1) is 22.1 Å². The van der Waals surface area contributed by atoms with Gasteiger partial charge in [0, 0.05) is 11.0 Å². The molecule has 1 N–H and O–H groups in total. The van der Waals surface area contributed by atoms with Crippen LogP contribution in [0.4, 0.5) is 0 Å². The van der Waals surface area contributed by atoms with Crippen molar-refractivity contribution >= 4 is 49.2 Å². The van der Waals surface area contributed by atoms with Gasteiger partial charge in [0.2, 0.25) is 10.0 Å². The molecule has 23 heavy (non-hydrogen) atoms. The molecule has 4 nitrogen and oxygen atoms in total. The summed E-state index contributed by atoms with van der Waals surface area (Å²) in [5.74, 6) is 0.710. The molecular weight excluding hydrogens is 425 g/mol. The maximum absolute atomic E-state index is 12.3. The highest BCUT2D eigenvalue weighted by Gasteiger charge is 2.15. The van der Waals surface area contributed by atoms with E-state index in [2.05, 4.69) is 20.7 Å². The topological polar surface area (TPSA) is 55.4 Å². The summed E-state index contributed by atoms with van der Waals surface area (Å²) < 4.78 is 33.2. The van der Waals surface area contributed by atoms with Crippen molar-refractivity contribution in [3.8, 4) is 5.75 Å². The summed E-state index contributed by atoms with van der Waals surface area (Å²) in [5.41, 5.74) is 0.902. The summed E-state index contributed by atoms with van der Waals surface area (Å²) in [6.07, 6.45) is 0.489. The van der Waals surface area contributed by atoms with E-state index in [9.17, 15) is 8.42 Å². The van der Waals surface area contributed by atoms with Crippen molar-refractivity contribution in [2.45, 2.75) is 11.3 Å². The van der Waals surface area contributed by atoms with Crippen LogP contribution in [0.3, 0.4) is 0 Å². The average Bonchev–Trinajstić information content (AvgIpc) is 2.50. The van der Waals surface area contributed by atoms with Crippen molar-refractivity contribution in [2.75, 3.05) is 13.7 Å². The molecule has 0 saturated heterocycles. The molecule has 0 bridgehead atoms. The molecular formula is C15H14BrCl2NO3S. The molecule has 0 spiro atoms. The average molecular weight is 439 g/mol. The third-order valence-electron chi connectivity index (χ3n) is 3.13. The van der Waals surface area contributed by atoms with Crippen molar-refractivity contribution in [2.24, 2.45) is 0 Å². The molecule has 0 aliphatic carbocycles. The van der Waals surface area contributed by atoms with Gasteiger partial charge in [0.25, 0.3) is 0 Å². The van der Waals surface area contributed by atoms with Gasteiger partial charge < -0.3 is 4.74 Å². The van der Waals surface area contributed by atoms with Gasteiger partial charge in [0.15, 0.2) is 0 Å². The molecule has 0 atom stereocenters. The van der Waals surface area contributed by atoms with Crippen molar-refractivity contribution in [1.82, 2.24) is 4.72 Å². The number of sulfonamides is 1. The Labute approximate surface area is 153 Å². The standard InChI is InChI=1S/C15H14BrCl2NO3S/c1-22-15-5-2-11(16)8-10(15)6-7-19-23(20,21)12-3-4-13(17)14(18)9-12/h2-5,8-9,19H,6-7H2,1H3. The van der Waals surface area contributed by atoms with Gasteiger partial charge >= 0.3 is 0 Å². The first-order valence-corrected chi connectivity index (χ1v) is 9.64. The van der Waals surface area contributed by atoms with E-state index >= 15 is 0 Å². The number of hydrogen-bond acceptors (Lipinski definition) is 3. The van der Waals surface area contributed by atoms with Crippen molar-refractivity contribution < 1.29 is 13.2 Å². The minimum atomic E-state index is -3.65. The fraction of sp³-hybridized carbons (Fsp3) is 0.200. The Morgan fingerprint density at radius 3 is 2.52 bits per heavy atom. The smallest absolute Gasteiger partial charge is 0.240 e. The summed E-state index contributed by atoms with van der Waals surface area (Å²) in [5, 5.41) is 0.507. The molecule has 0 aromatic heterocycles. The summed E-state index contributed by atoms with van der Waals surface area (Å²) >= 11 is 15.0. The summed E-state index contributed by atoms with van der Waals surface area (Å²) in [6, 6.07) is 9.78. The SMILES string of the molecule is COc1ccc(Br)cc1CCNS(=O)(=O)c1ccc(Cl)c(Cl)c1. The van der Waals surface area contributed by atoms with Gasteiger partial charge in [0.1, 0.15) is 5.75 Å². The van der Waals surface area contributed by atoms with Crippen LogP contribution in [-0.2, 0) is 16.4 Å². The molecule has 2 aromatic carbocycles. The number of ether oxygens (including phenoxy) is 1. The second-order valence-corrected chi connectivity index (χ2v) is 8.18. The van der Waals surface area contributed by atoms with Crippen molar-refractivity contribution in [3.05, 3.63) is 56.5 Å². The molecule has 0 unspecified atom stereocenters. The Kier molecular flexibility index (Phi) is 6.33. The van der Waals surface area contributed by atoms with Crippen LogP contribution < -0.4 is 9.46 Å². The number of methoxy groups -OCH3 is 1. The Bertz CT molecular complexity index is 812. The van der Waals surface area contributed by atoms with E-state index in [1.807, 2.05) is 18.2 Å². The van der Waals surface area contributed by atoms with Gasteiger partial charge in [-0.05, 0) is 48.4 Å². The molecule has 0 aliphatic rings. The maximum atomic E-state index is 12.3. The third kappa shape index (κ3) is 4.84. The van der Waals surface area contributed by atoms with Gasteiger partial charge in [-0.1, -0.05) is 39.1 Å². The lowest BCUT2D eigenvalue weighted by molar-refractivity contribution is 0.409. The minimum absolute atomic E-state index is 0.0770. The molecule has 0 aliphatic heterocycles. The lowest BCUT2D eigenvalue weighted by atomic mass is 10.1. The summed E-state index contributed by atoms with van der Waals surface area (Å²) in [6.45, 7) is 0.232. The quantitative estimate of drug-likeness (QED) is 0.731. The van der Waals surface area contributed by atoms with Crippen LogP contribution in [0.1, 0.15) is 5.56 Å². The second-order valence-electron chi connectivity index (χ2n) is 4.68. The van der Waals surface area contributed by atoms with Crippen LogP contribution in [0, 0.1) is 0 Å². The van der Waals surface area contributed by atoms with Gasteiger partial charge in [-0.2, -0.15) is 0 Å². The zero-order valence-corrected chi connectivity index (χ0v) is 16.1. The molecule has 0 saturated carbocycles. The molecule has 0 fully saturated rings. The first-order valence-electron chi connectivity index (χ1n) is 6.60. The Morgan fingerprint density at radius 2 is 1.87 bits per heavy atom. The predicted octanol–water partition coefficient (Wildman–Crippen LogP) is 4.29. The second kappa shape index (κ2) is 7.85. The van der Waals surface area contributed by atoms with Crippen LogP contribution in [0.2, 0.25) is 10.0 Å². The zero-order valence-electron chi connectivity index (χ0n) is 12.1. The first kappa shape index (κ1) is 18.5. The van der Waals surface area contributed by atoms with Crippen LogP contribution in [0.15, 0.2) is 45.8 Å². The number of rotatable bonds is 6. The molecule has 2 aromatic rings. The van der Waals surface area contributed by atoms with E-state index in [0.29, 0.717) is 17.2 Å². The van der Waals surface area contributed by atoms with Crippen LogP contribution in [0.5, 0.6) is 5.75 Å². The van der Waals surface area contributed by atoms with E-state index in [-0.39, 0.29) is 16.5 Å². The normalized spacial score (nSPS) is 11.5. The molecule has 0 radical (unpaired) electrons. The summed E-state index contributed by atoms with van der Waals surface area (Å²) in [4.78, 5) is 0.0770. The van der Waals surface area contributed by atoms with Crippen molar-refractivity contribution in [3.63, 3.8) is 0 Å². The van der Waals surface area contributed by atoms with Gasteiger partial charge in [-0.3, -0.25) is 0 Å².